The lowest BCUT2D eigenvalue weighted by atomic mass is 10.2. The van der Waals surface area contributed by atoms with Crippen LogP contribution in [0, 0.1) is 0 Å². The predicted molar refractivity (Wildman–Crippen MR) is 107 cm³/mol. The molecule has 0 radical (unpaired) electrons. The summed E-state index contributed by atoms with van der Waals surface area (Å²) in [5.41, 5.74) is 8.23. The maximum absolute atomic E-state index is 12.2. The van der Waals surface area contributed by atoms with Crippen molar-refractivity contribution in [1.29, 1.82) is 0 Å². The van der Waals surface area contributed by atoms with Crippen LogP contribution >= 0.6 is 0 Å². The van der Waals surface area contributed by atoms with Crippen molar-refractivity contribution < 1.29 is 9.90 Å². The number of benzene rings is 2. The number of rotatable bonds is 7. The number of nitrogens with zero attached hydrogens (tertiary/aromatic N) is 2. The summed E-state index contributed by atoms with van der Waals surface area (Å²) < 4.78 is 0. The van der Waals surface area contributed by atoms with E-state index in [1.165, 1.54) is 5.56 Å². The molecule has 27 heavy (non-hydrogen) atoms. The molecule has 6 heteroatoms. The van der Waals surface area contributed by atoms with Crippen molar-refractivity contribution in [3.63, 3.8) is 0 Å². The molecule has 0 atom stereocenters. The highest BCUT2D eigenvalue weighted by Crippen LogP contribution is 2.14. The minimum absolute atomic E-state index is 0.0913. The number of hydrogen-bond acceptors (Lipinski definition) is 5. The SMILES string of the molecule is C=C(NNC(=O)CN1CCN(Cc2ccccc2)CC1)c1ccc(O)cc1. The zero-order valence-corrected chi connectivity index (χ0v) is 15.4. The molecular formula is C21H26N4O2. The maximum Gasteiger partial charge on any atom is 0.252 e. The Kier molecular flexibility index (Phi) is 6.46. The van der Waals surface area contributed by atoms with Gasteiger partial charge >= 0.3 is 0 Å². The summed E-state index contributed by atoms with van der Waals surface area (Å²) in [7, 11) is 0. The number of hydrogen-bond donors (Lipinski definition) is 3. The molecule has 0 unspecified atom stereocenters. The maximum atomic E-state index is 12.2. The van der Waals surface area contributed by atoms with E-state index in [1.807, 2.05) is 6.07 Å². The molecule has 142 valence electrons. The van der Waals surface area contributed by atoms with Crippen LogP contribution in [0.1, 0.15) is 11.1 Å². The van der Waals surface area contributed by atoms with E-state index in [0.717, 1.165) is 38.3 Å². The summed E-state index contributed by atoms with van der Waals surface area (Å²) in [5.74, 6) is 0.105. The first-order valence-corrected chi connectivity index (χ1v) is 9.12. The molecule has 1 aliphatic heterocycles. The first-order valence-electron chi connectivity index (χ1n) is 9.12. The Hall–Kier alpha value is -2.83. The average Bonchev–Trinajstić information content (AvgIpc) is 2.69. The van der Waals surface area contributed by atoms with E-state index in [1.54, 1.807) is 24.3 Å². The highest BCUT2D eigenvalue weighted by atomic mass is 16.3. The Morgan fingerprint density at radius 3 is 2.22 bits per heavy atom. The molecule has 3 N–H and O–H groups in total. The van der Waals surface area contributed by atoms with Crippen LogP contribution in [0.3, 0.4) is 0 Å². The van der Waals surface area contributed by atoms with Crippen LogP contribution in [0.4, 0.5) is 0 Å². The van der Waals surface area contributed by atoms with E-state index >= 15 is 0 Å². The summed E-state index contributed by atoms with van der Waals surface area (Å²) in [6.45, 7) is 8.86. The van der Waals surface area contributed by atoms with Gasteiger partial charge < -0.3 is 5.11 Å². The quantitative estimate of drug-likeness (QED) is 0.652. The van der Waals surface area contributed by atoms with Gasteiger partial charge in [-0.1, -0.05) is 36.9 Å². The van der Waals surface area contributed by atoms with E-state index < -0.39 is 0 Å². The zero-order chi connectivity index (χ0) is 19.1. The largest absolute Gasteiger partial charge is 0.508 e. The average molecular weight is 366 g/mol. The minimum Gasteiger partial charge on any atom is -0.508 e. The second-order valence-electron chi connectivity index (χ2n) is 6.74. The van der Waals surface area contributed by atoms with Gasteiger partial charge in [0.15, 0.2) is 0 Å². The second-order valence-corrected chi connectivity index (χ2v) is 6.74. The molecule has 1 saturated heterocycles. The summed E-state index contributed by atoms with van der Waals surface area (Å²) in [5, 5.41) is 9.31. The van der Waals surface area contributed by atoms with Gasteiger partial charge in [-0.25, -0.2) is 0 Å². The first kappa shape index (κ1) is 18.9. The molecule has 0 aromatic heterocycles. The van der Waals surface area contributed by atoms with E-state index in [-0.39, 0.29) is 11.7 Å². The number of hydrazine groups is 1. The number of phenolic OH excluding ortho intramolecular Hbond substituents is 1. The minimum atomic E-state index is -0.0913. The number of carbonyl (C=O) groups excluding carboxylic acids is 1. The fraction of sp³-hybridized carbons (Fsp3) is 0.286. The monoisotopic (exact) mass is 366 g/mol. The molecule has 2 aromatic rings. The number of amides is 1. The Morgan fingerprint density at radius 2 is 1.56 bits per heavy atom. The van der Waals surface area contributed by atoms with E-state index in [2.05, 4.69) is 51.5 Å². The highest BCUT2D eigenvalue weighted by molar-refractivity contribution is 5.79. The Balaban J connectivity index is 1.36. The van der Waals surface area contributed by atoms with Gasteiger partial charge in [0.1, 0.15) is 5.75 Å². The summed E-state index contributed by atoms with van der Waals surface area (Å²) in [6, 6.07) is 17.1. The van der Waals surface area contributed by atoms with Crippen molar-refractivity contribution in [1.82, 2.24) is 20.7 Å². The van der Waals surface area contributed by atoms with Crippen LogP contribution in [0.25, 0.3) is 5.70 Å². The fourth-order valence-electron chi connectivity index (χ4n) is 3.07. The van der Waals surface area contributed by atoms with Gasteiger partial charge in [0.05, 0.1) is 12.2 Å². The fourth-order valence-corrected chi connectivity index (χ4v) is 3.07. The molecule has 1 amide bonds. The topological polar surface area (TPSA) is 67.8 Å². The van der Waals surface area contributed by atoms with Crippen molar-refractivity contribution in [2.45, 2.75) is 6.54 Å². The molecule has 2 aromatic carbocycles. The normalized spacial score (nSPS) is 15.3. The van der Waals surface area contributed by atoms with Crippen molar-refractivity contribution in [3.05, 3.63) is 72.3 Å². The molecule has 6 nitrogen and oxygen atoms in total. The van der Waals surface area contributed by atoms with Gasteiger partial charge in [-0.3, -0.25) is 25.4 Å². The summed E-state index contributed by atoms with van der Waals surface area (Å²) >= 11 is 0. The molecule has 1 aliphatic rings. The predicted octanol–water partition coefficient (Wildman–Crippen LogP) is 1.80. The van der Waals surface area contributed by atoms with E-state index in [4.69, 9.17) is 0 Å². The van der Waals surface area contributed by atoms with Gasteiger partial charge in [0.2, 0.25) is 0 Å². The van der Waals surface area contributed by atoms with Gasteiger partial charge in [-0.15, -0.1) is 0 Å². The number of phenols is 1. The zero-order valence-electron chi connectivity index (χ0n) is 15.4. The van der Waals surface area contributed by atoms with Gasteiger partial charge in [-0.05, 0) is 35.4 Å². The van der Waals surface area contributed by atoms with Crippen molar-refractivity contribution in [2.75, 3.05) is 32.7 Å². The molecule has 0 spiro atoms. The lowest BCUT2D eigenvalue weighted by molar-refractivity contribution is -0.123. The van der Waals surface area contributed by atoms with Crippen LogP contribution in [-0.2, 0) is 11.3 Å². The Bertz CT molecular complexity index is 754. The highest BCUT2D eigenvalue weighted by Gasteiger charge is 2.19. The van der Waals surface area contributed by atoms with Gasteiger partial charge in [0.25, 0.3) is 5.91 Å². The first-order chi connectivity index (χ1) is 13.1. The third-order valence-electron chi connectivity index (χ3n) is 4.65. The van der Waals surface area contributed by atoms with Gasteiger partial charge in [-0.2, -0.15) is 0 Å². The lowest BCUT2D eigenvalue weighted by Gasteiger charge is -2.34. The molecule has 0 aliphatic carbocycles. The third-order valence-corrected chi connectivity index (χ3v) is 4.65. The molecule has 0 saturated carbocycles. The summed E-state index contributed by atoms with van der Waals surface area (Å²) in [4.78, 5) is 16.7. The van der Waals surface area contributed by atoms with Crippen LogP contribution in [0.2, 0.25) is 0 Å². The van der Waals surface area contributed by atoms with Gasteiger partial charge in [0, 0.05) is 32.7 Å². The van der Waals surface area contributed by atoms with Crippen LogP contribution in [0.15, 0.2) is 61.2 Å². The number of nitrogens with one attached hydrogen (secondary N) is 2. The Labute approximate surface area is 160 Å². The molecule has 0 bridgehead atoms. The number of aromatic hydroxyl groups is 1. The van der Waals surface area contributed by atoms with Crippen molar-refractivity contribution in [2.24, 2.45) is 0 Å². The Morgan fingerprint density at radius 1 is 0.926 bits per heavy atom. The van der Waals surface area contributed by atoms with Crippen molar-refractivity contribution >= 4 is 11.6 Å². The molecular weight excluding hydrogens is 340 g/mol. The number of carbonyl (C=O) groups is 1. The smallest absolute Gasteiger partial charge is 0.252 e. The van der Waals surface area contributed by atoms with E-state index in [0.29, 0.717) is 12.2 Å². The molecule has 3 rings (SSSR count). The standard InChI is InChI=1S/C21H26N4O2/c1-17(19-7-9-20(26)10-8-19)22-23-21(27)16-25-13-11-24(12-14-25)15-18-5-3-2-4-6-18/h2-10,22,26H,1,11-16H2,(H,23,27). The van der Waals surface area contributed by atoms with Crippen LogP contribution in [0.5, 0.6) is 5.75 Å². The lowest BCUT2D eigenvalue weighted by Crippen LogP contribution is -2.50. The second kappa shape index (κ2) is 9.21. The third kappa shape index (κ3) is 5.84. The number of piperazine rings is 1. The summed E-state index contributed by atoms with van der Waals surface area (Å²) in [6.07, 6.45) is 0. The van der Waals surface area contributed by atoms with E-state index in [9.17, 15) is 9.90 Å². The van der Waals surface area contributed by atoms with Crippen molar-refractivity contribution in [3.8, 4) is 5.75 Å². The molecule has 1 heterocycles. The molecule has 1 fully saturated rings. The van der Waals surface area contributed by atoms with Crippen LogP contribution < -0.4 is 10.9 Å². The van der Waals surface area contributed by atoms with Crippen LogP contribution in [-0.4, -0.2) is 53.5 Å².